The predicted octanol–water partition coefficient (Wildman–Crippen LogP) is 1.59. The normalized spacial score (nSPS) is 14.1. The first-order chi connectivity index (χ1) is 6.20. The lowest BCUT2D eigenvalue weighted by Gasteiger charge is -2.03. The molecule has 0 spiro atoms. The lowest BCUT2D eigenvalue weighted by molar-refractivity contribution is -0.0531. The molecule has 0 aliphatic heterocycles. The van der Waals surface area contributed by atoms with E-state index in [1.807, 2.05) is 0 Å². The summed E-state index contributed by atoms with van der Waals surface area (Å²) in [6.45, 7) is 1.44. The van der Waals surface area contributed by atoms with Gasteiger partial charge in [0.25, 0.3) is 6.35 Å². The Kier molecular flexibility index (Phi) is 4.93. The Morgan fingerprint density at radius 3 is 2.21 bits per heavy atom. The fourth-order valence-electron chi connectivity index (χ4n) is 0.360. The fraction of sp³-hybridized carbons (Fsp3) is 1.00. The van der Waals surface area contributed by atoms with Gasteiger partial charge >= 0.3 is 23.7 Å². The summed E-state index contributed by atoms with van der Waals surface area (Å²) in [5.74, 6) is 0. The van der Waals surface area contributed by atoms with E-state index in [9.17, 15) is 26.2 Å². The Morgan fingerprint density at radius 2 is 1.86 bits per heavy atom. The van der Waals surface area contributed by atoms with E-state index in [-0.39, 0.29) is 6.61 Å². The number of hydrogen-bond acceptors (Lipinski definition) is 5. The number of halogens is 3. The molecule has 0 radical (unpaired) electrons. The molecule has 0 saturated carbocycles. The van der Waals surface area contributed by atoms with Crippen LogP contribution in [0.1, 0.15) is 6.92 Å². The Hall–Kier alpha value is -0.240. The zero-order chi connectivity index (χ0) is 11.4. The molecule has 0 bridgehead atoms. The van der Waals surface area contributed by atoms with Gasteiger partial charge in [-0.15, -0.1) is 4.52 Å². The van der Waals surface area contributed by atoms with Crippen molar-refractivity contribution in [2.75, 3.05) is 13.0 Å². The van der Waals surface area contributed by atoms with Gasteiger partial charge in [0.1, 0.15) is 0 Å². The van der Waals surface area contributed by atoms with E-state index in [0.29, 0.717) is 0 Å². The molecule has 0 aliphatic rings. The highest BCUT2D eigenvalue weighted by Crippen LogP contribution is 2.29. The van der Waals surface area contributed by atoms with Crippen LogP contribution in [0.5, 0.6) is 0 Å². The number of hydrogen-bond donors (Lipinski definition) is 0. The fourth-order valence-corrected chi connectivity index (χ4v) is 1.76. The highest BCUT2D eigenvalue weighted by atomic mass is 32.2. The first-order valence-electron chi connectivity index (χ1n) is 3.24. The second-order valence-corrected chi connectivity index (χ2v) is 4.69. The first-order valence-corrected chi connectivity index (χ1v) is 6.01. The van der Waals surface area contributed by atoms with Crippen molar-refractivity contribution < 1.29 is 34.9 Å². The van der Waals surface area contributed by atoms with Gasteiger partial charge in [-0.2, -0.15) is 21.6 Å². The molecule has 0 amide bonds. The molecule has 0 fully saturated rings. The monoisotopic (exact) mass is 255 g/mol. The Bertz CT molecular complexity index is 297. The van der Waals surface area contributed by atoms with Crippen LogP contribution in [-0.4, -0.2) is 26.9 Å². The summed E-state index contributed by atoms with van der Waals surface area (Å²) in [6.07, 6.45) is -1.13. The predicted molar refractivity (Wildman–Crippen MR) is 40.2 cm³/mol. The van der Waals surface area contributed by atoms with Gasteiger partial charge in [0.05, 0.1) is 6.61 Å². The molecule has 5 nitrogen and oxygen atoms in total. The molecule has 0 saturated heterocycles. The van der Waals surface area contributed by atoms with Crippen LogP contribution in [0.15, 0.2) is 0 Å². The summed E-state index contributed by atoms with van der Waals surface area (Å²) >= 11 is 0. The topological polar surface area (TPSA) is 69.7 Å². The van der Waals surface area contributed by atoms with Gasteiger partial charge in [0, 0.05) is 0 Å². The number of alkyl halides is 3. The largest absolute Gasteiger partial charge is 0.538 e. The van der Waals surface area contributed by atoms with Gasteiger partial charge in [-0.25, -0.2) is 4.18 Å². The molecule has 0 heterocycles. The van der Waals surface area contributed by atoms with Crippen molar-refractivity contribution >= 4 is 18.1 Å². The van der Waals surface area contributed by atoms with E-state index < -0.39 is 30.0 Å². The summed E-state index contributed by atoms with van der Waals surface area (Å²) in [5, 5.41) is 0. The van der Waals surface area contributed by atoms with Crippen molar-refractivity contribution in [2.24, 2.45) is 0 Å². The van der Waals surface area contributed by atoms with Gasteiger partial charge in [0.2, 0.25) is 0 Å². The summed E-state index contributed by atoms with van der Waals surface area (Å²) < 4.78 is 73.7. The van der Waals surface area contributed by atoms with Crippen LogP contribution in [0.25, 0.3) is 0 Å². The van der Waals surface area contributed by atoms with Gasteiger partial charge in [-0.05, 0) is 11.5 Å². The molecule has 0 rings (SSSR count). The molecule has 10 heteroatoms. The minimum Gasteiger partial charge on any atom is -0.210 e. The maximum absolute atomic E-state index is 11.6. The second-order valence-electron chi connectivity index (χ2n) is 1.90. The van der Waals surface area contributed by atoms with E-state index in [0.717, 1.165) is 0 Å². The number of rotatable bonds is 5. The Balaban J connectivity index is 4.22. The van der Waals surface area contributed by atoms with Crippen LogP contribution in [0.3, 0.4) is 0 Å². The zero-order valence-electron chi connectivity index (χ0n) is 6.94. The van der Waals surface area contributed by atoms with E-state index in [1.54, 1.807) is 0 Å². The molecule has 84 valence electrons. The van der Waals surface area contributed by atoms with Crippen molar-refractivity contribution in [3.8, 4) is 0 Å². The summed E-state index contributed by atoms with van der Waals surface area (Å²) in [5.41, 5.74) is -5.50. The summed E-state index contributed by atoms with van der Waals surface area (Å²) in [7, 11) is -8.22. The molecule has 14 heavy (non-hydrogen) atoms. The van der Waals surface area contributed by atoms with Crippen molar-refractivity contribution in [3.63, 3.8) is 0 Å². The van der Waals surface area contributed by atoms with Crippen molar-refractivity contribution in [1.29, 1.82) is 0 Å². The van der Waals surface area contributed by atoms with Gasteiger partial charge in [-0.1, -0.05) is 0 Å². The van der Waals surface area contributed by atoms with E-state index >= 15 is 0 Å². The minimum atomic E-state index is -5.67. The molecule has 0 aromatic carbocycles. The van der Waals surface area contributed by atoms with Crippen molar-refractivity contribution in [1.82, 2.24) is 0 Å². The summed E-state index contributed by atoms with van der Waals surface area (Å²) in [6, 6.07) is 0. The van der Waals surface area contributed by atoms with Crippen LogP contribution in [-0.2, 0) is 23.4 Å². The van der Waals surface area contributed by atoms with Crippen molar-refractivity contribution in [2.45, 2.75) is 12.4 Å². The first kappa shape index (κ1) is 13.8. The van der Waals surface area contributed by atoms with Crippen LogP contribution in [0.2, 0.25) is 0 Å². The average Bonchev–Trinajstić information content (AvgIpc) is 1.99. The van der Waals surface area contributed by atoms with Crippen LogP contribution in [0.4, 0.5) is 13.2 Å². The maximum Gasteiger partial charge on any atom is 0.538 e. The molecule has 0 aliphatic carbocycles. The standard InChI is InChI=1S/C4H7F3O5PS/c1-2-11-13(8)3-12-14(9,10)4(5,6)7/h2-3H2,1H3/q+1. The molecule has 1 atom stereocenters. The Labute approximate surface area is 79.2 Å². The average molecular weight is 255 g/mol. The van der Waals surface area contributed by atoms with Crippen LogP contribution in [0, 0.1) is 0 Å². The van der Waals surface area contributed by atoms with Gasteiger partial charge < -0.3 is 0 Å². The van der Waals surface area contributed by atoms with Crippen molar-refractivity contribution in [3.05, 3.63) is 0 Å². The van der Waals surface area contributed by atoms with E-state index in [2.05, 4.69) is 8.71 Å². The van der Waals surface area contributed by atoms with E-state index in [1.165, 1.54) is 6.92 Å². The van der Waals surface area contributed by atoms with Crippen LogP contribution >= 0.6 is 8.03 Å². The highest BCUT2D eigenvalue weighted by Gasteiger charge is 2.48. The Morgan fingerprint density at radius 1 is 1.36 bits per heavy atom. The molecular weight excluding hydrogens is 248 g/mol. The van der Waals surface area contributed by atoms with Gasteiger partial charge in [0.15, 0.2) is 0 Å². The van der Waals surface area contributed by atoms with Gasteiger partial charge in [-0.3, -0.25) is 0 Å². The smallest absolute Gasteiger partial charge is 0.210 e. The lowest BCUT2D eigenvalue weighted by Crippen LogP contribution is -2.25. The zero-order valence-corrected chi connectivity index (χ0v) is 8.66. The molecule has 0 N–H and O–H groups in total. The molecule has 1 unspecified atom stereocenters. The second kappa shape index (κ2) is 5.01. The third-order valence-corrected chi connectivity index (χ3v) is 2.93. The van der Waals surface area contributed by atoms with Crippen LogP contribution < -0.4 is 0 Å². The third kappa shape index (κ3) is 4.32. The minimum absolute atomic E-state index is 0.00930. The maximum atomic E-state index is 11.6. The third-order valence-electron chi connectivity index (χ3n) is 0.870. The molecule has 0 aromatic rings. The lowest BCUT2D eigenvalue weighted by atomic mass is 10.9. The molecular formula is C4H7F3O5PS+. The summed E-state index contributed by atoms with van der Waals surface area (Å²) in [4.78, 5) is 0. The molecule has 0 aromatic heterocycles. The van der Waals surface area contributed by atoms with E-state index in [4.69, 9.17) is 0 Å². The highest BCUT2D eigenvalue weighted by molar-refractivity contribution is 7.87. The quantitative estimate of drug-likeness (QED) is 0.424. The SMILES string of the molecule is CCO[P+](=O)COS(=O)(=O)C(F)(F)F.